The average Bonchev–Trinajstić information content (AvgIpc) is 2.74. The topological polar surface area (TPSA) is 62.1 Å². The molecule has 0 aliphatic rings. The highest BCUT2D eigenvalue weighted by Crippen LogP contribution is 2.32. The van der Waals surface area contributed by atoms with Crippen molar-refractivity contribution in [1.82, 2.24) is 5.32 Å². The summed E-state index contributed by atoms with van der Waals surface area (Å²) in [6.07, 6.45) is 0. The first-order chi connectivity index (χ1) is 13.7. The van der Waals surface area contributed by atoms with Crippen molar-refractivity contribution in [2.24, 2.45) is 0 Å². The standard InChI is InChI=1S/C23H20N2O2S/c1-27-16-18-12-10-17(11-13-18)15-25-23(26)20-7-3-5-9-22(20)28-21-8-4-2-6-19(21)14-24/h2-13H,15-16H2,1H3,(H,25,26). The van der Waals surface area contributed by atoms with E-state index in [-0.39, 0.29) is 5.91 Å². The monoisotopic (exact) mass is 388 g/mol. The summed E-state index contributed by atoms with van der Waals surface area (Å²) in [6.45, 7) is 1.02. The van der Waals surface area contributed by atoms with Gasteiger partial charge in [-0.25, -0.2) is 0 Å². The van der Waals surface area contributed by atoms with E-state index in [4.69, 9.17) is 4.74 Å². The highest BCUT2D eigenvalue weighted by atomic mass is 32.2. The summed E-state index contributed by atoms with van der Waals surface area (Å²) < 4.78 is 5.11. The zero-order chi connectivity index (χ0) is 19.8. The van der Waals surface area contributed by atoms with Crippen LogP contribution in [0.3, 0.4) is 0 Å². The van der Waals surface area contributed by atoms with Gasteiger partial charge in [-0.2, -0.15) is 5.26 Å². The number of nitrogens with zero attached hydrogens (tertiary/aromatic N) is 1. The van der Waals surface area contributed by atoms with Crippen molar-refractivity contribution in [1.29, 1.82) is 5.26 Å². The maximum Gasteiger partial charge on any atom is 0.252 e. The molecule has 4 nitrogen and oxygen atoms in total. The molecule has 3 aromatic rings. The third-order valence-corrected chi connectivity index (χ3v) is 5.30. The lowest BCUT2D eigenvalue weighted by Crippen LogP contribution is -2.23. The Balaban J connectivity index is 1.71. The van der Waals surface area contributed by atoms with Crippen molar-refractivity contribution in [3.8, 4) is 6.07 Å². The minimum Gasteiger partial charge on any atom is -0.380 e. The van der Waals surface area contributed by atoms with Crippen LogP contribution < -0.4 is 5.32 Å². The average molecular weight is 388 g/mol. The second-order valence-corrected chi connectivity index (χ2v) is 7.22. The lowest BCUT2D eigenvalue weighted by Gasteiger charge is -2.11. The summed E-state index contributed by atoms with van der Waals surface area (Å²) in [6, 6.07) is 25.0. The summed E-state index contributed by atoms with van der Waals surface area (Å²) in [5, 5.41) is 12.3. The fourth-order valence-corrected chi connectivity index (χ4v) is 3.73. The van der Waals surface area contributed by atoms with Gasteiger partial charge >= 0.3 is 0 Å². The quantitative estimate of drug-likeness (QED) is 0.632. The van der Waals surface area contributed by atoms with Crippen LogP contribution in [0, 0.1) is 11.3 Å². The third kappa shape index (κ3) is 5.01. The highest BCUT2D eigenvalue weighted by molar-refractivity contribution is 7.99. The molecule has 0 unspecified atom stereocenters. The van der Waals surface area contributed by atoms with Crippen LogP contribution in [-0.4, -0.2) is 13.0 Å². The molecule has 0 aromatic heterocycles. The van der Waals surface area contributed by atoms with Crippen LogP contribution in [0.4, 0.5) is 0 Å². The van der Waals surface area contributed by atoms with Gasteiger partial charge in [0.05, 0.1) is 17.7 Å². The number of nitriles is 1. The molecule has 0 aliphatic heterocycles. The Bertz CT molecular complexity index is 994. The second-order valence-electron chi connectivity index (χ2n) is 6.14. The SMILES string of the molecule is COCc1ccc(CNC(=O)c2ccccc2Sc2ccccc2C#N)cc1. The van der Waals surface area contributed by atoms with Crippen LogP contribution in [0.1, 0.15) is 27.0 Å². The Morgan fingerprint density at radius 3 is 2.32 bits per heavy atom. The Hall–Kier alpha value is -3.07. The molecule has 0 saturated carbocycles. The van der Waals surface area contributed by atoms with Gasteiger partial charge in [-0.05, 0) is 35.4 Å². The molecule has 3 aromatic carbocycles. The van der Waals surface area contributed by atoms with Crippen LogP contribution in [0.5, 0.6) is 0 Å². The van der Waals surface area contributed by atoms with Gasteiger partial charge < -0.3 is 10.1 Å². The number of hydrogen-bond acceptors (Lipinski definition) is 4. The number of carbonyl (C=O) groups is 1. The highest BCUT2D eigenvalue weighted by Gasteiger charge is 2.13. The number of carbonyl (C=O) groups excluding carboxylic acids is 1. The second kappa shape index (κ2) is 9.75. The van der Waals surface area contributed by atoms with Crippen molar-refractivity contribution in [3.63, 3.8) is 0 Å². The largest absolute Gasteiger partial charge is 0.380 e. The van der Waals surface area contributed by atoms with Gasteiger partial charge in [-0.1, -0.05) is 60.3 Å². The normalized spacial score (nSPS) is 10.3. The minimum absolute atomic E-state index is 0.140. The van der Waals surface area contributed by atoms with Crippen LogP contribution >= 0.6 is 11.8 Å². The fraction of sp³-hybridized carbons (Fsp3) is 0.130. The molecule has 0 spiro atoms. The number of benzene rings is 3. The molecule has 3 rings (SSSR count). The summed E-state index contributed by atoms with van der Waals surface area (Å²) >= 11 is 1.43. The number of hydrogen-bond donors (Lipinski definition) is 1. The number of ether oxygens (including phenoxy) is 1. The van der Waals surface area contributed by atoms with Crippen LogP contribution in [0.2, 0.25) is 0 Å². The molecule has 0 heterocycles. The first-order valence-electron chi connectivity index (χ1n) is 8.82. The van der Waals surface area contributed by atoms with E-state index in [9.17, 15) is 10.1 Å². The smallest absolute Gasteiger partial charge is 0.252 e. The van der Waals surface area contributed by atoms with Gasteiger partial charge in [0.1, 0.15) is 6.07 Å². The first kappa shape index (κ1) is 19.7. The van der Waals surface area contributed by atoms with Gasteiger partial charge in [0.15, 0.2) is 0 Å². The maximum absolute atomic E-state index is 12.7. The Kier molecular flexibility index (Phi) is 6.85. The molecule has 140 valence electrons. The zero-order valence-corrected chi connectivity index (χ0v) is 16.3. The van der Waals surface area contributed by atoms with E-state index in [0.717, 1.165) is 20.9 Å². The van der Waals surface area contributed by atoms with E-state index in [2.05, 4.69) is 11.4 Å². The summed E-state index contributed by atoms with van der Waals surface area (Å²) in [5.41, 5.74) is 3.30. The summed E-state index contributed by atoms with van der Waals surface area (Å²) in [5.74, 6) is -0.140. The zero-order valence-electron chi connectivity index (χ0n) is 15.5. The number of amides is 1. The van der Waals surface area contributed by atoms with Gasteiger partial charge in [0, 0.05) is 23.4 Å². The minimum atomic E-state index is -0.140. The molecule has 28 heavy (non-hydrogen) atoms. The first-order valence-corrected chi connectivity index (χ1v) is 9.64. The van der Waals surface area contributed by atoms with E-state index in [1.165, 1.54) is 11.8 Å². The van der Waals surface area contributed by atoms with Crippen LogP contribution in [0.25, 0.3) is 0 Å². The molecular weight excluding hydrogens is 368 g/mol. The lowest BCUT2D eigenvalue weighted by atomic mass is 10.1. The molecule has 0 saturated heterocycles. The van der Waals surface area contributed by atoms with E-state index >= 15 is 0 Å². The van der Waals surface area contributed by atoms with Crippen molar-refractivity contribution < 1.29 is 9.53 Å². The van der Waals surface area contributed by atoms with E-state index in [1.54, 1.807) is 19.2 Å². The lowest BCUT2D eigenvalue weighted by molar-refractivity contribution is 0.0948. The van der Waals surface area contributed by atoms with Crippen LogP contribution in [0.15, 0.2) is 82.6 Å². The Morgan fingerprint density at radius 2 is 1.61 bits per heavy atom. The molecule has 1 amide bonds. The number of methoxy groups -OCH3 is 1. The maximum atomic E-state index is 12.7. The van der Waals surface area contributed by atoms with Crippen molar-refractivity contribution >= 4 is 17.7 Å². The molecule has 1 N–H and O–H groups in total. The molecule has 5 heteroatoms. The van der Waals surface area contributed by atoms with Gasteiger partial charge in [0.25, 0.3) is 5.91 Å². The van der Waals surface area contributed by atoms with E-state index in [0.29, 0.717) is 24.3 Å². The Labute approximate surface area is 169 Å². The fourth-order valence-electron chi connectivity index (χ4n) is 2.71. The predicted molar refractivity (Wildman–Crippen MR) is 110 cm³/mol. The van der Waals surface area contributed by atoms with Crippen molar-refractivity contribution in [3.05, 3.63) is 95.1 Å². The molecule has 0 atom stereocenters. The van der Waals surface area contributed by atoms with E-state index in [1.807, 2.05) is 60.7 Å². The molecular formula is C23H20N2O2S. The molecule has 0 bridgehead atoms. The summed E-state index contributed by atoms with van der Waals surface area (Å²) in [7, 11) is 1.67. The summed E-state index contributed by atoms with van der Waals surface area (Å²) in [4.78, 5) is 14.4. The van der Waals surface area contributed by atoms with Crippen LogP contribution in [-0.2, 0) is 17.9 Å². The third-order valence-electron chi connectivity index (χ3n) is 4.15. The van der Waals surface area contributed by atoms with Crippen molar-refractivity contribution in [2.45, 2.75) is 22.9 Å². The number of rotatable bonds is 7. The van der Waals surface area contributed by atoms with E-state index < -0.39 is 0 Å². The molecule has 0 aliphatic carbocycles. The molecule has 0 fully saturated rings. The van der Waals surface area contributed by atoms with Gasteiger partial charge in [0.2, 0.25) is 0 Å². The number of nitrogens with one attached hydrogen (secondary N) is 1. The predicted octanol–water partition coefficient (Wildman–Crippen LogP) is 4.79. The molecule has 0 radical (unpaired) electrons. The Morgan fingerprint density at radius 1 is 0.964 bits per heavy atom. The van der Waals surface area contributed by atoms with Gasteiger partial charge in [-0.3, -0.25) is 4.79 Å². The van der Waals surface area contributed by atoms with Crippen molar-refractivity contribution in [2.75, 3.05) is 7.11 Å². The van der Waals surface area contributed by atoms with Gasteiger partial charge in [-0.15, -0.1) is 0 Å².